The van der Waals surface area contributed by atoms with E-state index >= 15 is 0 Å². The van der Waals surface area contributed by atoms with Crippen LogP contribution in [0.3, 0.4) is 0 Å². The van der Waals surface area contributed by atoms with Gasteiger partial charge >= 0.3 is 0 Å². The molecule has 2 heterocycles. The van der Waals surface area contributed by atoms with E-state index in [0.717, 1.165) is 0 Å². The zero-order valence-electron chi connectivity index (χ0n) is 10.7. The van der Waals surface area contributed by atoms with Gasteiger partial charge < -0.3 is 10.6 Å². The SMILES string of the molecule is O=C(NCCNC(=O)c1ccccn1)c1ccccn1. The standard InChI is InChI=1S/C14H14N4O2/c19-13(11-5-1-3-7-15-11)17-9-10-18-14(20)12-6-2-4-8-16-12/h1-8H,9-10H2,(H,17,19)(H,18,20). The maximum atomic E-state index is 11.7. The summed E-state index contributed by atoms with van der Waals surface area (Å²) in [7, 11) is 0. The smallest absolute Gasteiger partial charge is 0.269 e. The van der Waals surface area contributed by atoms with Crippen LogP contribution in [0.15, 0.2) is 48.8 Å². The lowest BCUT2D eigenvalue weighted by Crippen LogP contribution is -2.35. The molecule has 0 aromatic carbocycles. The van der Waals surface area contributed by atoms with Crippen molar-refractivity contribution in [1.29, 1.82) is 0 Å². The van der Waals surface area contributed by atoms with Crippen molar-refractivity contribution in [2.75, 3.05) is 13.1 Å². The molecule has 2 rings (SSSR count). The van der Waals surface area contributed by atoms with Gasteiger partial charge in [-0.05, 0) is 24.3 Å². The van der Waals surface area contributed by atoms with Crippen molar-refractivity contribution in [1.82, 2.24) is 20.6 Å². The monoisotopic (exact) mass is 270 g/mol. The zero-order chi connectivity index (χ0) is 14.2. The first kappa shape index (κ1) is 13.7. The number of pyridine rings is 2. The van der Waals surface area contributed by atoms with Crippen molar-refractivity contribution in [2.24, 2.45) is 0 Å². The van der Waals surface area contributed by atoms with E-state index in [2.05, 4.69) is 20.6 Å². The van der Waals surface area contributed by atoms with E-state index in [-0.39, 0.29) is 11.8 Å². The lowest BCUT2D eigenvalue weighted by Gasteiger charge is -2.06. The molecule has 0 unspecified atom stereocenters. The van der Waals surface area contributed by atoms with Crippen LogP contribution in [0.1, 0.15) is 21.0 Å². The quantitative estimate of drug-likeness (QED) is 0.781. The molecule has 0 saturated carbocycles. The minimum atomic E-state index is -0.266. The van der Waals surface area contributed by atoms with Gasteiger partial charge in [-0.15, -0.1) is 0 Å². The molecule has 6 nitrogen and oxygen atoms in total. The van der Waals surface area contributed by atoms with Crippen LogP contribution in [0.5, 0.6) is 0 Å². The number of carbonyl (C=O) groups is 2. The molecule has 20 heavy (non-hydrogen) atoms. The Morgan fingerprint density at radius 1 is 0.800 bits per heavy atom. The third-order valence-electron chi connectivity index (χ3n) is 2.49. The highest BCUT2D eigenvalue weighted by molar-refractivity contribution is 5.93. The molecular weight excluding hydrogens is 256 g/mol. The molecular formula is C14H14N4O2. The number of aromatic nitrogens is 2. The first-order valence-corrected chi connectivity index (χ1v) is 6.16. The largest absolute Gasteiger partial charge is 0.349 e. The molecule has 6 heteroatoms. The second-order valence-corrected chi connectivity index (χ2v) is 3.94. The van der Waals surface area contributed by atoms with E-state index in [4.69, 9.17) is 0 Å². The summed E-state index contributed by atoms with van der Waals surface area (Å²) in [5, 5.41) is 5.34. The van der Waals surface area contributed by atoms with Gasteiger partial charge in [-0.3, -0.25) is 19.6 Å². The fourth-order valence-corrected chi connectivity index (χ4v) is 1.53. The molecule has 2 aromatic rings. The zero-order valence-corrected chi connectivity index (χ0v) is 10.7. The summed E-state index contributed by atoms with van der Waals surface area (Å²) in [6, 6.07) is 10.2. The minimum Gasteiger partial charge on any atom is -0.349 e. The average Bonchev–Trinajstić information content (AvgIpc) is 2.53. The third kappa shape index (κ3) is 3.88. The number of nitrogens with one attached hydrogen (secondary N) is 2. The molecule has 2 aromatic heterocycles. The molecule has 0 saturated heterocycles. The van der Waals surface area contributed by atoms with Gasteiger partial charge in [-0.1, -0.05) is 12.1 Å². The summed E-state index contributed by atoms with van der Waals surface area (Å²) in [6.07, 6.45) is 3.11. The lowest BCUT2D eigenvalue weighted by molar-refractivity contribution is 0.0923. The molecule has 0 radical (unpaired) electrons. The maximum absolute atomic E-state index is 11.7. The van der Waals surface area contributed by atoms with Crippen LogP contribution in [0.4, 0.5) is 0 Å². The fourth-order valence-electron chi connectivity index (χ4n) is 1.53. The topological polar surface area (TPSA) is 84.0 Å². The van der Waals surface area contributed by atoms with Gasteiger partial charge in [0.15, 0.2) is 0 Å². The molecule has 0 aliphatic carbocycles. The van der Waals surface area contributed by atoms with Gasteiger partial charge in [-0.25, -0.2) is 0 Å². The normalized spacial score (nSPS) is 9.80. The van der Waals surface area contributed by atoms with Gasteiger partial charge in [0.25, 0.3) is 11.8 Å². The van der Waals surface area contributed by atoms with E-state index in [9.17, 15) is 9.59 Å². The predicted molar refractivity (Wildman–Crippen MR) is 73.1 cm³/mol. The van der Waals surface area contributed by atoms with Gasteiger partial charge in [0.1, 0.15) is 11.4 Å². The summed E-state index contributed by atoms with van der Waals surface area (Å²) >= 11 is 0. The first-order valence-electron chi connectivity index (χ1n) is 6.16. The fraction of sp³-hybridized carbons (Fsp3) is 0.143. The lowest BCUT2D eigenvalue weighted by atomic mass is 10.3. The van der Waals surface area contributed by atoms with E-state index in [1.54, 1.807) is 48.8 Å². The van der Waals surface area contributed by atoms with Crippen molar-refractivity contribution in [3.05, 3.63) is 60.2 Å². The van der Waals surface area contributed by atoms with Gasteiger partial charge in [0, 0.05) is 25.5 Å². The molecule has 0 aliphatic heterocycles. The van der Waals surface area contributed by atoms with Crippen molar-refractivity contribution in [3.8, 4) is 0 Å². The van der Waals surface area contributed by atoms with Crippen molar-refractivity contribution >= 4 is 11.8 Å². The second kappa shape index (κ2) is 6.98. The van der Waals surface area contributed by atoms with Crippen molar-refractivity contribution in [2.45, 2.75) is 0 Å². The van der Waals surface area contributed by atoms with Gasteiger partial charge in [0.2, 0.25) is 0 Å². The summed E-state index contributed by atoms with van der Waals surface area (Å²) < 4.78 is 0. The highest BCUT2D eigenvalue weighted by Crippen LogP contribution is 1.93. The van der Waals surface area contributed by atoms with Gasteiger partial charge in [0.05, 0.1) is 0 Å². The maximum Gasteiger partial charge on any atom is 0.269 e. The Balaban J connectivity index is 1.72. The van der Waals surface area contributed by atoms with Crippen LogP contribution < -0.4 is 10.6 Å². The van der Waals surface area contributed by atoms with E-state index in [1.165, 1.54) is 0 Å². The van der Waals surface area contributed by atoms with Crippen LogP contribution >= 0.6 is 0 Å². The Morgan fingerprint density at radius 3 is 1.60 bits per heavy atom. The first-order chi connectivity index (χ1) is 9.77. The van der Waals surface area contributed by atoms with Crippen LogP contribution in [0.25, 0.3) is 0 Å². The third-order valence-corrected chi connectivity index (χ3v) is 2.49. The van der Waals surface area contributed by atoms with Crippen LogP contribution in [-0.4, -0.2) is 34.9 Å². The number of hydrogen-bond donors (Lipinski definition) is 2. The summed E-state index contributed by atoms with van der Waals surface area (Å²) in [6.45, 7) is 0.655. The Kier molecular flexibility index (Phi) is 4.77. The Bertz CT molecular complexity index is 519. The molecule has 0 fully saturated rings. The number of hydrogen-bond acceptors (Lipinski definition) is 4. The average molecular weight is 270 g/mol. The second-order valence-electron chi connectivity index (χ2n) is 3.94. The van der Waals surface area contributed by atoms with Crippen molar-refractivity contribution < 1.29 is 9.59 Å². The van der Waals surface area contributed by atoms with E-state index < -0.39 is 0 Å². The van der Waals surface area contributed by atoms with Crippen molar-refractivity contribution in [3.63, 3.8) is 0 Å². The summed E-state index contributed by atoms with van der Waals surface area (Å²) in [5.74, 6) is -0.532. The molecule has 2 amide bonds. The number of nitrogens with zero attached hydrogens (tertiary/aromatic N) is 2. The highest BCUT2D eigenvalue weighted by Gasteiger charge is 2.07. The Labute approximate surface area is 116 Å². The molecule has 0 aliphatic rings. The van der Waals surface area contributed by atoms with Crippen LogP contribution in [0.2, 0.25) is 0 Å². The Morgan fingerprint density at radius 2 is 1.25 bits per heavy atom. The van der Waals surface area contributed by atoms with Crippen LogP contribution in [0, 0.1) is 0 Å². The molecule has 0 spiro atoms. The molecule has 0 bridgehead atoms. The molecule has 102 valence electrons. The number of amides is 2. The number of rotatable bonds is 5. The predicted octanol–water partition coefficient (Wildman–Crippen LogP) is 0.636. The molecule has 2 N–H and O–H groups in total. The highest BCUT2D eigenvalue weighted by atomic mass is 16.2. The summed E-state index contributed by atoms with van der Waals surface area (Å²) in [4.78, 5) is 31.2. The molecule has 0 atom stereocenters. The van der Waals surface area contributed by atoms with E-state index in [0.29, 0.717) is 24.5 Å². The van der Waals surface area contributed by atoms with E-state index in [1.807, 2.05) is 0 Å². The van der Waals surface area contributed by atoms with Gasteiger partial charge in [-0.2, -0.15) is 0 Å². The Hall–Kier alpha value is -2.76. The number of carbonyl (C=O) groups excluding carboxylic acids is 2. The minimum absolute atomic E-state index is 0.266. The summed E-state index contributed by atoms with van der Waals surface area (Å²) in [5.41, 5.74) is 0.701. The van der Waals surface area contributed by atoms with Crippen LogP contribution in [-0.2, 0) is 0 Å².